The van der Waals surface area contributed by atoms with Crippen LogP contribution in [0.2, 0.25) is 0 Å². The summed E-state index contributed by atoms with van der Waals surface area (Å²) in [6.45, 7) is 4.08. The summed E-state index contributed by atoms with van der Waals surface area (Å²) in [6, 6.07) is 22.3. The summed E-state index contributed by atoms with van der Waals surface area (Å²) in [7, 11) is 0. The lowest BCUT2D eigenvalue weighted by atomic mass is 10.1. The molecule has 1 N–H and O–H groups in total. The molecule has 0 saturated heterocycles. The Balaban J connectivity index is 1.89. The van der Waals surface area contributed by atoms with Crippen molar-refractivity contribution in [2.45, 2.75) is 13.8 Å². The van der Waals surface area contributed by atoms with Crippen molar-refractivity contribution >= 4 is 17.2 Å². The molecule has 0 unspecified atom stereocenters. The topological polar surface area (TPSA) is 42.2 Å². The van der Waals surface area contributed by atoms with Crippen molar-refractivity contribution in [2.75, 3.05) is 5.32 Å². The van der Waals surface area contributed by atoms with Crippen LogP contribution < -0.4 is 5.32 Å². The van der Waals surface area contributed by atoms with Gasteiger partial charge in [0.2, 0.25) is 0 Å². The van der Waals surface area contributed by atoms with Crippen molar-refractivity contribution in [3.63, 3.8) is 0 Å². The molecule has 0 amide bonds. The van der Waals surface area contributed by atoms with E-state index in [1.54, 1.807) is 0 Å². The number of anilines is 2. The second-order valence-corrected chi connectivity index (χ2v) is 5.85. The molecule has 0 aliphatic heterocycles. The van der Waals surface area contributed by atoms with Crippen LogP contribution in [0.15, 0.2) is 66.7 Å². The highest BCUT2D eigenvalue weighted by Gasteiger charge is 2.15. The van der Waals surface area contributed by atoms with E-state index in [1.165, 1.54) is 0 Å². The second kappa shape index (κ2) is 5.81. The lowest BCUT2D eigenvalue weighted by molar-refractivity contribution is 0.941. The largest absolute Gasteiger partial charge is 0.340 e. The number of fused-ring (bicyclic) bond motifs is 1. The van der Waals surface area contributed by atoms with Gasteiger partial charge < -0.3 is 5.32 Å². The standard InChI is InChI=1S/C20H18N4/c1-14-13-18(22-17-11-7-4-8-12-17)24-20(21-14)15(2)19(23-24)16-9-5-3-6-10-16/h3-13,22H,1-2H3. The van der Waals surface area contributed by atoms with Crippen LogP contribution in [0.1, 0.15) is 11.3 Å². The van der Waals surface area contributed by atoms with Crippen LogP contribution in [-0.2, 0) is 0 Å². The number of hydrogen-bond donors (Lipinski definition) is 1. The number of para-hydroxylation sites is 1. The summed E-state index contributed by atoms with van der Waals surface area (Å²) in [5.41, 5.74) is 6.02. The van der Waals surface area contributed by atoms with E-state index in [-0.39, 0.29) is 0 Å². The summed E-state index contributed by atoms with van der Waals surface area (Å²) in [6.07, 6.45) is 0. The maximum Gasteiger partial charge on any atom is 0.161 e. The number of benzene rings is 2. The van der Waals surface area contributed by atoms with E-state index in [9.17, 15) is 0 Å². The van der Waals surface area contributed by atoms with Crippen molar-refractivity contribution in [2.24, 2.45) is 0 Å². The molecule has 0 saturated carbocycles. The molecule has 2 aromatic heterocycles. The molecule has 0 atom stereocenters. The minimum Gasteiger partial charge on any atom is -0.340 e. The molecule has 4 rings (SSSR count). The van der Waals surface area contributed by atoms with E-state index in [0.717, 1.165) is 39.7 Å². The Morgan fingerprint density at radius 2 is 1.54 bits per heavy atom. The monoisotopic (exact) mass is 314 g/mol. The van der Waals surface area contributed by atoms with Crippen molar-refractivity contribution in [1.29, 1.82) is 0 Å². The van der Waals surface area contributed by atoms with Crippen LogP contribution in [-0.4, -0.2) is 14.6 Å². The van der Waals surface area contributed by atoms with E-state index < -0.39 is 0 Å². The lowest BCUT2D eigenvalue weighted by Gasteiger charge is -2.09. The van der Waals surface area contributed by atoms with Gasteiger partial charge in [0.15, 0.2) is 5.65 Å². The van der Waals surface area contributed by atoms with Gasteiger partial charge in [-0.25, -0.2) is 4.98 Å². The second-order valence-electron chi connectivity index (χ2n) is 5.85. The van der Waals surface area contributed by atoms with Gasteiger partial charge in [0, 0.05) is 28.6 Å². The van der Waals surface area contributed by atoms with Gasteiger partial charge in [0.25, 0.3) is 0 Å². The van der Waals surface area contributed by atoms with E-state index in [0.29, 0.717) is 0 Å². The Hall–Kier alpha value is -3.14. The minimum atomic E-state index is 0.882. The van der Waals surface area contributed by atoms with Crippen LogP contribution in [0.25, 0.3) is 16.9 Å². The third-order valence-electron chi connectivity index (χ3n) is 4.04. The molecule has 0 bridgehead atoms. The fourth-order valence-electron chi connectivity index (χ4n) is 2.87. The van der Waals surface area contributed by atoms with Gasteiger partial charge in [-0.2, -0.15) is 9.61 Å². The van der Waals surface area contributed by atoms with E-state index in [4.69, 9.17) is 5.10 Å². The summed E-state index contributed by atoms with van der Waals surface area (Å²) in [5.74, 6) is 0.911. The van der Waals surface area contributed by atoms with Crippen molar-refractivity contribution in [3.05, 3.63) is 78.0 Å². The maximum absolute atomic E-state index is 4.81. The molecule has 0 radical (unpaired) electrons. The summed E-state index contributed by atoms with van der Waals surface area (Å²) in [4.78, 5) is 4.68. The first-order chi connectivity index (χ1) is 11.7. The summed E-state index contributed by atoms with van der Waals surface area (Å²) in [5, 5.41) is 8.25. The fraction of sp³-hybridized carbons (Fsp3) is 0.100. The van der Waals surface area contributed by atoms with Gasteiger partial charge in [0.05, 0.1) is 5.69 Å². The molecular formula is C20H18N4. The number of aromatic nitrogens is 3. The van der Waals surface area contributed by atoms with E-state index in [1.807, 2.05) is 66.0 Å². The Kier molecular flexibility index (Phi) is 3.50. The van der Waals surface area contributed by atoms with Crippen molar-refractivity contribution in [3.8, 4) is 11.3 Å². The number of nitrogens with zero attached hydrogens (tertiary/aromatic N) is 3. The minimum absolute atomic E-state index is 0.882. The Morgan fingerprint density at radius 1 is 0.875 bits per heavy atom. The normalized spacial score (nSPS) is 10.9. The number of nitrogens with one attached hydrogen (secondary N) is 1. The predicted octanol–water partition coefficient (Wildman–Crippen LogP) is 4.76. The van der Waals surface area contributed by atoms with Crippen molar-refractivity contribution in [1.82, 2.24) is 14.6 Å². The number of hydrogen-bond acceptors (Lipinski definition) is 3. The summed E-state index contributed by atoms with van der Waals surface area (Å²) >= 11 is 0. The highest BCUT2D eigenvalue weighted by atomic mass is 15.3. The molecule has 2 heterocycles. The molecule has 0 spiro atoms. The average Bonchev–Trinajstić information content (AvgIpc) is 2.94. The first-order valence-corrected chi connectivity index (χ1v) is 7.97. The molecule has 4 heteroatoms. The van der Waals surface area contributed by atoms with Gasteiger partial charge in [-0.05, 0) is 26.0 Å². The first-order valence-electron chi connectivity index (χ1n) is 7.97. The highest BCUT2D eigenvalue weighted by Crippen LogP contribution is 2.27. The zero-order valence-electron chi connectivity index (χ0n) is 13.7. The van der Waals surface area contributed by atoms with Crippen LogP contribution in [0.5, 0.6) is 0 Å². The van der Waals surface area contributed by atoms with Gasteiger partial charge in [-0.15, -0.1) is 0 Å². The smallest absolute Gasteiger partial charge is 0.161 e. The van der Waals surface area contributed by atoms with Crippen LogP contribution in [0.4, 0.5) is 11.5 Å². The third-order valence-corrected chi connectivity index (χ3v) is 4.04. The Morgan fingerprint density at radius 3 is 2.25 bits per heavy atom. The lowest BCUT2D eigenvalue weighted by Crippen LogP contribution is -2.02. The van der Waals surface area contributed by atoms with Gasteiger partial charge in [-0.3, -0.25) is 0 Å². The third kappa shape index (κ3) is 2.52. The zero-order chi connectivity index (χ0) is 16.5. The van der Waals surface area contributed by atoms with E-state index >= 15 is 0 Å². The molecule has 0 aliphatic rings. The van der Waals surface area contributed by atoms with E-state index in [2.05, 4.69) is 29.4 Å². The Bertz CT molecular complexity index is 989. The molecule has 4 nitrogen and oxygen atoms in total. The zero-order valence-corrected chi connectivity index (χ0v) is 13.7. The molecular weight excluding hydrogens is 296 g/mol. The van der Waals surface area contributed by atoms with Gasteiger partial charge in [-0.1, -0.05) is 48.5 Å². The number of rotatable bonds is 3. The molecule has 118 valence electrons. The molecule has 0 aliphatic carbocycles. The SMILES string of the molecule is Cc1cc(Nc2ccccc2)n2nc(-c3ccccc3)c(C)c2n1. The number of aryl methyl sites for hydroxylation is 2. The molecule has 2 aromatic carbocycles. The molecule has 4 aromatic rings. The average molecular weight is 314 g/mol. The van der Waals surface area contributed by atoms with Crippen LogP contribution in [0.3, 0.4) is 0 Å². The quantitative estimate of drug-likeness (QED) is 0.593. The van der Waals surface area contributed by atoms with Crippen LogP contribution in [0, 0.1) is 13.8 Å². The predicted molar refractivity (Wildman–Crippen MR) is 97.6 cm³/mol. The summed E-state index contributed by atoms with van der Waals surface area (Å²) < 4.78 is 1.89. The highest BCUT2D eigenvalue weighted by molar-refractivity contribution is 5.72. The maximum atomic E-state index is 4.81. The van der Waals surface area contributed by atoms with Gasteiger partial charge >= 0.3 is 0 Å². The molecule has 24 heavy (non-hydrogen) atoms. The molecule has 0 fully saturated rings. The van der Waals surface area contributed by atoms with Crippen LogP contribution >= 0.6 is 0 Å². The van der Waals surface area contributed by atoms with Gasteiger partial charge in [0.1, 0.15) is 5.82 Å². The fourth-order valence-corrected chi connectivity index (χ4v) is 2.87. The first kappa shape index (κ1) is 14.5. The Labute approximate surface area is 140 Å². The van der Waals surface area contributed by atoms with Crippen molar-refractivity contribution < 1.29 is 0 Å².